The van der Waals surface area contributed by atoms with Crippen LogP contribution < -0.4 is 15.0 Å². The standard InChI is InChI=1S/C21H22N4O2S2/c1-13-12-15-6-4-5-7-18(15)25(13)19(26)14(2)28-21-24-23-20(29-21)22-16-8-10-17(27-3)11-9-16/h4-11,13-14H,12H2,1-3H3,(H,22,23). The maximum atomic E-state index is 13.1. The molecule has 2 unspecified atom stereocenters. The zero-order chi connectivity index (χ0) is 20.4. The van der Waals surface area contributed by atoms with Crippen molar-refractivity contribution < 1.29 is 9.53 Å². The number of nitrogens with zero attached hydrogens (tertiary/aromatic N) is 3. The van der Waals surface area contributed by atoms with Crippen LogP contribution in [0.4, 0.5) is 16.5 Å². The van der Waals surface area contributed by atoms with Crippen molar-refractivity contribution in [2.75, 3.05) is 17.3 Å². The number of fused-ring (bicyclic) bond motifs is 1. The first kappa shape index (κ1) is 19.7. The Morgan fingerprint density at radius 2 is 2.00 bits per heavy atom. The van der Waals surface area contributed by atoms with Crippen molar-refractivity contribution in [3.63, 3.8) is 0 Å². The number of nitrogens with one attached hydrogen (secondary N) is 1. The van der Waals surface area contributed by atoms with Gasteiger partial charge in [0.15, 0.2) is 4.34 Å². The van der Waals surface area contributed by atoms with Gasteiger partial charge in [0.05, 0.1) is 12.4 Å². The molecule has 1 aromatic heterocycles. The molecule has 2 aromatic carbocycles. The highest BCUT2D eigenvalue weighted by Crippen LogP contribution is 2.36. The minimum absolute atomic E-state index is 0.104. The van der Waals surface area contributed by atoms with Gasteiger partial charge < -0.3 is 15.0 Å². The lowest BCUT2D eigenvalue weighted by molar-refractivity contribution is -0.118. The number of amides is 1. The van der Waals surface area contributed by atoms with Gasteiger partial charge in [-0.25, -0.2) is 0 Å². The lowest BCUT2D eigenvalue weighted by atomic mass is 10.1. The Bertz CT molecular complexity index is 1010. The molecule has 0 radical (unpaired) electrons. The second kappa shape index (κ2) is 8.42. The molecule has 0 bridgehead atoms. The molecule has 4 rings (SSSR count). The summed E-state index contributed by atoms with van der Waals surface area (Å²) >= 11 is 2.89. The number of hydrogen-bond acceptors (Lipinski definition) is 7. The number of anilines is 3. The molecule has 0 aliphatic carbocycles. The monoisotopic (exact) mass is 426 g/mol. The quantitative estimate of drug-likeness (QED) is 0.574. The van der Waals surface area contributed by atoms with Crippen molar-refractivity contribution in [1.29, 1.82) is 0 Å². The number of methoxy groups -OCH3 is 1. The van der Waals surface area contributed by atoms with Crippen LogP contribution >= 0.6 is 23.1 Å². The van der Waals surface area contributed by atoms with E-state index in [1.807, 2.05) is 54.3 Å². The SMILES string of the molecule is COc1ccc(Nc2nnc(SC(C)C(=O)N3c4ccccc4CC3C)s2)cc1. The minimum atomic E-state index is -0.245. The Hall–Kier alpha value is -2.58. The summed E-state index contributed by atoms with van der Waals surface area (Å²) in [5, 5.41) is 12.1. The normalized spacial score (nSPS) is 16.4. The van der Waals surface area contributed by atoms with E-state index in [1.54, 1.807) is 7.11 Å². The van der Waals surface area contributed by atoms with Gasteiger partial charge in [0.1, 0.15) is 5.75 Å². The lowest BCUT2D eigenvalue weighted by Gasteiger charge is -2.25. The maximum absolute atomic E-state index is 13.1. The molecule has 6 nitrogen and oxygen atoms in total. The fourth-order valence-electron chi connectivity index (χ4n) is 3.40. The number of benzene rings is 2. The van der Waals surface area contributed by atoms with E-state index < -0.39 is 0 Å². The molecule has 0 saturated carbocycles. The molecule has 8 heteroatoms. The molecule has 2 heterocycles. The molecule has 150 valence electrons. The zero-order valence-corrected chi connectivity index (χ0v) is 18.1. The van der Waals surface area contributed by atoms with Crippen LogP contribution in [0.15, 0.2) is 52.9 Å². The fourth-order valence-corrected chi connectivity index (χ4v) is 5.37. The zero-order valence-electron chi connectivity index (χ0n) is 16.5. The number of thioether (sulfide) groups is 1. The third-order valence-corrected chi connectivity index (χ3v) is 6.83. The van der Waals surface area contributed by atoms with E-state index >= 15 is 0 Å². The van der Waals surface area contributed by atoms with Crippen LogP contribution in [0.3, 0.4) is 0 Å². The van der Waals surface area contributed by atoms with Gasteiger partial charge in [0, 0.05) is 17.4 Å². The highest BCUT2D eigenvalue weighted by Gasteiger charge is 2.33. The smallest absolute Gasteiger partial charge is 0.240 e. The van der Waals surface area contributed by atoms with Gasteiger partial charge in [-0.05, 0) is 56.2 Å². The molecule has 1 aliphatic rings. The summed E-state index contributed by atoms with van der Waals surface area (Å²) in [4.78, 5) is 15.0. The third kappa shape index (κ3) is 4.23. The summed E-state index contributed by atoms with van der Waals surface area (Å²) in [6.45, 7) is 4.02. The molecule has 0 fully saturated rings. The van der Waals surface area contributed by atoms with E-state index in [1.165, 1.54) is 28.7 Å². The van der Waals surface area contributed by atoms with Crippen molar-refractivity contribution in [3.05, 3.63) is 54.1 Å². The largest absolute Gasteiger partial charge is 0.497 e. The number of carbonyl (C=O) groups is 1. The molecule has 1 aliphatic heterocycles. The molecule has 0 saturated heterocycles. The van der Waals surface area contributed by atoms with Crippen LogP contribution in [0.25, 0.3) is 0 Å². The maximum Gasteiger partial charge on any atom is 0.240 e. The number of para-hydroxylation sites is 1. The van der Waals surface area contributed by atoms with Crippen LogP contribution in [-0.2, 0) is 11.2 Å². The van der Waals surface area contributed by atoms with Crippen molar-refractivity contribution >= 4 is 45.5 Å². The van der Waals surface area contributed by atoms with E-state index in [9.17, 15) is 4.79 Å². The number of ether oxygens (including phenoxy) is 1. The Balaban J connectivity index is 1.41. The topological polar surface area (TPSA) is 67.3 Å². The van der Waals surface area contributed by atoms with Crippen molar-refractivity contribution in [3.8, 4) is 5.75 Å². The first-order chi connectivity index (χ1) is 14.0. The van der Waals surface area contributed by atoms with Gasteiger partial charge in [-0.2, -0.15) is 0 Å². The van der Waals surface area contributed by atoms with Gasteiger partial charge in [-0.3, -0.25) is 4.79 Å². The van der Waals surface area contributed by atoms with Gasteiger partial charge in [-0.1, -0.05) is 41.3 Å². The van der Waals surface area contributed by atoms with Gasteiger partial charge in [0.25, 0.3) is 0 Å². The Labute approximate surface area is 178 Å². The first-order valence-corrected chi connectivity index (χ1v) is 11.1. The van der Waals surface area contributed by atoms with E-state index in [0.29, 0.717) is 5.13 Å². The predicted molar refractivity (Wildman–Crippen MR) is 119 cm³/mol. The van der Waals surface area contributed by atoms with E-state index in [0.717, 1.165) is 27.9 Å². The van der Waals surface area contributed by atoms with Crippen LogP contribution in [0, 0.1) is 0 Å². The highest BCUT2D eigenvalue weighted by molar-refractivity contribution is 8.02. The number of aromatic nitrogens is 2. The Morgan fingerprint density at radius 1 is 1.24 bits per heavy atom. The van der Waals surface area contributed by atoms with Gasteiger partial charge >= 0.3 is 0 Å². The molecule has 0 spiro atoms. The van der Waals surface area contributed by atoms with E-state index in [2.05, 4.69) is 28.5 Å². The summed E-state index contributed by atoms with van der Waals surface area (Å²) in [6.07, 6.45) is 0.897. The van der Waals surface area contributed by atoms with Crippen LogP contribution in [0.1, 0.15) is 19.4 Å². The number of carbonyl (C=O) groups excluding carboxylic acids is 1. The number of hydrogen-bond donors (Lipinski definition) is 1. The molecule has 1 N–H and O–H groups in total. The summed E-state index contributed by atoms with van der Waals surface area (Å²) < 4.78 is 5.93. The van der Waals surface area contributed by atoms with E-state index in [4.69, 9.17) is 4.74 Å². The molecule has 29 heavy (non-hydrogen) atoms. The molecule has 2 atom stereocenters. The molecule has 3 aromatic rings. The van der Waals surface area contributed by atoms with Crippen LogP contribution in [-0.4, -0.2) is 34.5 Å². The average Bonchev–Trinajstić information content (AvgIpc) is 3.30. The summed E-state index contributed by atoms with van der Waals surface area (Å²) in [5.74, 6) is 0.904. The third-order valence-electron chi connectivity index (χ3n) is 4.82. The lowest BCUT2D eigenvalue weighted by Crippen LogP contribution is -2.40. The number of rotatable bonds is 6. The second-order valence-electron chi connectivity index (χ2n) is 6.88. The van der Waals surface area contributed by atoms with Gasteiger partial charge in [0.2, 0.25) is 11.0 Å². The minimum Gasteiger partial charge on any atom is -0.497 e. The van der Waals surface area contributed by atoms with E-state index in [-0.39, 0.29) is 17.2 Å². The Kier molecular flexibility index (Phi) is 5.73. The van der Waals surface area contributed by atoms with Crippen LogP contribution in [0.2, 0.25) is 0 Å². The highest BCUT2D eigenvalue weighted by atomic mass is 32.2. The Morgan fingerprint density at radius 3 is 2.76 bits per heavy atom. The van der Waals surface area contributed by atoms with Gasteiger partial charge in [-0.15, -0.1) is 10.2 Å². The average molecular weight is 427 g/mol. The predicted octanol–water partition coefficient (Wildman–Crippen LogP) is 4.75. The first-order valence-electron chi connectivity index (χ1n) is 9.37. The second-order valence-corrected chi connectivity index (χ2v) is 9.44. The summed E-state index contributed by atoms with van der Waals surface area (Å²) in [5.41, 5.74) is 3.16. The van der Waals surface area contributed by atoms with Crippen LogP contribution in [0.5, 0.6) is 5.75 Å². The molecule has 1 amide bonds. The van der Waals surface area contributed by atoms with Crippen molar-refractivity contribution in [2.45, 2.75) is 35.9 Å². The molecular weight excluding hydrogens is 404 g/mol. The van der Waals surface area contributed by atoms with Crippen molar-refractivity contribution in [2.24, 2.45) is 0 Å². The molecular formula is C21H22N4O2S2. The summed E-state index contributed by atoms with van der Waals surface area (Å²) in [6, 6.07) is 15.9. The fraction of sp³-hybridized carbons (Fsp3) is 0.286. The van der Waals surface area contributed by atoms with Crippen molar-refractivity contribution in [1.82, 2.24) is 10.2 Å². The summed E-state index contributed by atoms with van der Waals surface area (Å²) in [7, 11) is 1.64.